The zero-order valence-electron chi connectivity index (χ0n) is 14.2. The third-order valence-corrected chi connectivity index (χ3v) is 5.32. The lowest BCUT2D eigenvalue weighted by molar-refractivity contribution is 0.491. The van der Waals surface area contributed by atoms with Gasteiger partial charge in [0.25, 0.3) is 0 Å². The van der Waals surface area contributed by atoms with E-state index in [2.05, 4.69) is 45.9 Å². The molecule has 1 N–H and O–H groups in total. The van der Waals surface area contributed by atoms with Gasteiger partial charge in [0, 0.05) is 18.0 Å². The van der Waals surface area contributed by atoms with E-state index in [9.17, 15) is 4.39 Å². The summed E-state index contributed by atoms with van der Waals surface area (Å²) < 4.78 is 14.2. The second kappa shape index (κ2) is 6.21. The van der Waals surface area contributed by atoms with Crippen LogP contribution in [0, 0.1) is 12.7 Å². The first-order chi connectivity index (χ1) is 10.9. The Morgan fingerprint density at radius 3 is 2.91 bits per heavy atom. The summed E-state index contributed by atoms with van der Waals surface area (Å²) in [6.07, 6.45) is 0.984. The van der Waals surface area contributed by atoms with Gasteiger partial charge in [0.1, 0.15) is 5.82 Å². The predicted octanol–water partition coefficient (Wildman–Crippen LogP) is 4.04. The van der Waals surface area contributed by atoms with Crippen LogP contribution in [0.2, 0.25) is 0 Å². The molecule has 1 aliphatic heterocycles. The Bertz CT molecular complexity index is 682. The van der Waals surface area contributed by atoms with E-state index in [1.807, 2.05) is 7.05 Å². The van der Waals surface area contributed by atoms with Gasteiger partial charge in [-0.2, -0.15) is 11.3 Å². The minimum Gasteiger partial charge on any atom is -0.362 e. The van der Waals surface area contributed by atoms with Crippen LogP contribution in [0.15, 0.2) is 22.9 Å². The number of aromatic nitrogens is 1. The predicted molar refractivity (Wildman–Crippen MR) is 94.9 cm³/mol. The molecule has 0 unspecified atom stereocenters. The van der Waals surface area contributed by atoms with Gasteiger partial charge >= 0.3 is 0 Å². The van der Waals surface area contributed by atoms with Gasteiger partial charge in [0.05, 0.1) is 23.1 Å². The van der Waals surface area contributed by atoms with Crippen LogP contribution in [0.1, 0.15) is 43.3 Å². The molecule has 0 amide bonds. The Kier molecular flexibility index (Phi) is 4.43. The summed E-state index contributed by atoms with van der Waals surface area (Å²) in [7, 11) is 1.97. The molecule has 0 saturated heterocycles. The Morgan fingerprint density at radius 1 is 1.48 bits per heavy atom. The largest absolute Gasteiger partial charge is 0.362 e. The highest BCUT2D eigenvalue weighted by Crippen LogP contribution is 2.45. The molecule has 0 aromatic carbocycles. The molecular formula is C18H24FN3S. The second-order valence-corrected chi connectivity index (χ2v) is 7.68. The van der Waals surface area contributed by atoms with Crippen molar-refractivity contribution in [2.24, 2.45) is 0 Å². The Labute approximate surface area is 141 Å². The average molecular weight is 333 g/mol. The van der Waals surface area contributed by atoms with Crippen molar-refractivity contribution in [1.29, 1.82) is 0 Å². The Hall–Kier alpha value is -1.46. The molecule has 5 heteroatoms. The van der Waals surface area contributed by atoms with E-state index >= 15 is 0 Å². The molecule has 0 aliphatic carbocycles. The Morgan fingerprint density at radius 2 is 2.26 bits per heavy atom. The number of fused-ring (bicyclic) bond motifs is 1. The van der Waals surface area contributed by atoms with Crippen molar-refractivity contribution in [3.63, 3.8) is 0 Å². The number of halogens is 1. The fraction of sp³-hybridized carbons (Fsp3) is 0.500. The van der Waals surface area contributed by atoms with Gasteiger partial charge in [0.15, 0.2) is 0 Å². The molecule has 0 spiro atoms. The number of hydrogen-bond donors (Lipinski definition) is 1. The van der Waals surface area contributed by atoms with Gasteiger partial charge in [-0.3, -0.25) is 4.98 Å². The number of pyridine rings is 1. The summed E-state index contributed by atoms with van der Waals surface area (Å²) in [4.78, 5) is 6.91. The number of anilines is 1. The molecule has 2 aromatic rings. The fourth-order valence-corrected chi connectivity index (χ4v) is 4.11. The summed E-state index contributed by atoms with van der Waals surface area (Å²) in [6.45, 7) is 7.92. The molecule has 0 fully saturated rings. The molecule has 2 aromatic heterocycles. The van der Waals surface area contributed by atoms with E-state index in [0.29, 0.717) is 5.69 Å². The number of nitrogens with zero attached hydrogens (tertiary/aromatic N) is 2. The number of thiophene rings is 1. The molecule has 0 bridgehead atoms. The van der Waals surface area contributed by atoms with Crippen LogP contribution >= 0.6 is 11.3 Å². The minimum absolute atomic E-state index is 0.0678. The maximum atomic E-state index is 14.2. The van der Waals surface area contributed by atoms with Crippen molar-refractivity contribution < 1.29 is 4.39 Å². The zero-order valence-corrected chi connectivity index (χ0v) is 15.0. The summed E-state index contributed by atoms with van der Waals surface area (Å²) >= 11 is 1.71. The summed E-state index contributed by atoms with van der Waals surface area (Å²) in [6, 6.07) is 4.09. The average Bonchev–Trinajstić information content (AvgIpc) is 3.10. The van der Waals surface area contributed by atoms with E-state index in [4.69, 9.17) is 0 Å². The van der Waals surface area contributed by atoms with Gasteiger partial charge in [-0.1, -0.05) is 13.8 Å². The Balaban J connectivity index is 2.04. The van der Waals surface area contributed by atoms with Crippen molar-refractivity contribution in [2.45, 2.75) is 38.6 Å². The first-order valence-electron chi connectivity index (χ1n) is 8.05. The second-order valence-electron chi connectivity index (χ2n) is 6.90. The van der Waals surface area contributed by atoms with Crippen LogP contribution < -0.4 is 10.2 Å². The molecule has 3 heterocycles. The minimum atomic E-state index is -0.218. The number of aryl methyl sites for hydroxylation is 1. The SMILES string of the molecule is CNCC[C@@H](c1ccsc1)N1CC(C)(C)c2nc(C)c(F)cc21. The van der Waals surface area contributed by atoms with Crippen molar-refractivity contribution >= 4 is 17.0 Å². The van der Waals surface area contributed by atoms with Gasteiger partial charge in [-0.15, -0.1) is 0 Å². The highest BCUT2D eigenvalue weighted by atomic mass is 32.1. The van der Waals surface area contributed by atoms with Crippen molar-refractivity contribution in [2.75, 3.05) is 25.0 Å². The maximum absolute atomic E-state index is 14.2. The van der Waals surface area contributed by atoms with Crippen LogP contribution in [-0.4, -0.2) is 25.1 Å². The van der Waals surface area contributed by atoms with Crippen molar-refractivity contribution in [3.05, 3.63) is 45.7 Å². The van der Waals surface area contributed by atoms with Crippen LogP contribution in [-0.2, 0) is 5.41 Å². The van der Waals surface area contributed by atoms with Gasteiger partial charge in [0.2, 0.25) is 0 Å². The highest BCUT2D eigenvalue weighted by molar-refractivity contribution is 7.08. The smallest absolute Gasteiger partial charge is 0.146 e. The van der Waals surface area contributed by atoms with E-state index in [-0.39, 0.29) is 17.3 Å². The summed E-state index contributed by atoms with van der Waals surface area (Å²) in [5, 5.41) is 7.54. The van der Waals surface area contributed by atoms with Crippen LogP contribution in [0.5, 0.6) is 0 Å². The molecule has 23 heavy (non-hydrogen) atoms. The lowest BCUT2D eigenvalue weighted by Gasteiger charge is -2.31. The zero-order chi connectivity index (χ0) is 16.6. The monoisotopic (exact) mass is 333 g/mol. The van der Waals surface area contributed by atoms with E-state index < -0.39 is 0 Å². The lowest BCUT2D eigenvalue weighted by atomic mass is 9.91. The molecule has 1 aliphatic rings. The number of nitrogens with one attached hydrogen (secondary N) is 1. The molecule has 124 valence electrons. The summed E-state index contributed by atoms with van der Waals surface area (Å²) in [5.74, 6) is -0.218. The van der Waals surface area contributed by atoms with E-state index in [1.54, 1.807) is 24.3 Å². The standard InChI is InChI=1S/C18H24FN3S/c1-12-14(19)9-16-17(21-12)18(2,3)11-22(16)15(5-7-20-4)13-6-8-23-10-13/h6,8-10,15,20H,5,7,11H2,1-4H3/t15-/m0/s1. The number of rotatable bonds is 5. The fourth-order valence-electron chi connectivity index (χ4n) is 3.40. The molecular weight excluding hydrogens is 309 g/mol. The topological polar surface area (TPSA) is 28.2 Å². The van der Waals surface area contributed by atoms with E-state index in [1.165, 1.54) is 5.56 Å². The molecule has 1 atom stereocenters. The van der Waals surface area contributed by atoms with Gasteiger partial charge in [-0.25, -0.2) is 4.39 Å². The van der Waals surface area contributed by atoms with Crippen LogP contribution in [0.3, 0.4) is 0 Å². The van der Waals surface area contributed by atoms with Crippen molar-refractivity contribution in [3.8, 4) is 0 Å². The lowest BCUT2D eigenvalue weighted by Crippen LogP contribution is -2.33. The molecule has 3 rings (SSSR count). The molecule has 3 nitrogen and oxygen atoms in total. The maximum Gasteiger partial charge on any atom is 0.146 e. The van der Waals surface area contributed by atoms with Gasteiger partial charge < -0.3 is 10.2 Å². The number of hydrogen-bond acceptors (Lipinski definition) is 4. The molecule has 0 radical (unpaired) electrons. The first kappa shape index (κ1) is 16.4. The quantitative estimate of drug-likeness (QED) is 0.895. The third-order valence-electron chi connectivity index (χ3n) is 4.62. The summed E-state index contributed by atoms with van der Waals surface area (Å²) in [5.41, 5.74) is 3.68. The van der Waals surface area contributed by atoms with Crippen LogP contribution in [0.4, 0.5) is 10.1 Å². The van der Waals surface area contributed by atoms with Crippen molar-refractivity contribution in [1.82, 2.24) is 10.3 Å². The van der Waals surface area contributed by atoms with E-state index in [0.717, 1.165) is 30.9 Å². The van der Waals surface area contributed by atoms with Gasteiger partial charge in [-0.05, 0) is 49.3 Å². The highest BCUT2D eigenvalue weighted by Gasteiger charge is 2.40. The normalized spacial score (nSPS) is 17.3. The third kappa shape index (κ3) is 3.00. The van der Waals surface area contributed by atoms with Crippen LogP contribution in [0.25, 0.3) is 0 Å². The first-order valence-corrected chi connectivity index (χ1v) is 8.99. The molecule has 0 saturated carbocycles.